The van der Waals surface area contributed by atoms with Crippen molar-refractivity contribution in [2.24, 2.45) is 0 Å². The summed E-state index contributed by atoms with van der Waals surface area (Å²) in [5.41, 5.74) is 2.12. The second kappa shape index (κ2) is 20.5. The fourth-order valence-electron chi connectivity index (χ4n) is 6.96. The van der Waals surface area contributed by atoms with Gasteiger partial charge >= 0.3 is 12.1 Å². The summed E-state index contributed by atoms with van der Waals surface area (Å²) in [7, 11) is 0. The lowest BCUT2D eigenvalue weighted by Gasteiger charge is -2.36. The molecule has 3 aromatic rings. The molecule has 1 saturated heterocycles. The van der Waals surface area contributed by atoms with Gasteiger partial charge < -0.3 is 30.2 Å². The molecule has 55 heavy (non-hydrogen) atoms. The molecule has 0 radical (unpaired) electrons. The largest absolute Gasteiger partial charge is 0.462 e. The molecule has 0 spiro atoms. The van der Waals surface area contributed by atoms with E-state index in [1.807, 2.05) is 54.6 Å². The highest BCUT2D eigenvalue weighted by Crippen LogP contribution is 2.48. The molecule has 12 heteroatoms. The van der Waals surface area contributed by atoms with Crippen LogP contribution >= 0.6 is 11.8 Å². The Morgan fingerprint density at radius 2 is 1.31 bits per heavy atom. The SMILES string of the molecule is CC(C)(C)OC(=O)N[C@@H](CSC(c1ccccc1)(c1ccccc1)c1ccccc1)C(=O)N[C@@H](CC(=O)OC1CCCCC1)C(=O)NCCN1CCOCC1. The van der Waals surface area contributed by atoms with E-state index in [0.29, 0.717) is 26.3 Å². The number of carbonyl (C=O) groups is 4. The number of hydrogen-bond acceptors (Lipinski definition) is 9. The first-order valence-corrected chi connectivity index (χ1v) is 20.4. The molecule has 1 saturated carbocycles. The first-order valence-electron chi connectivity index (χ1n) is 19.4. The zero-order valence-corrected chi connectivity index (χ0v) is 33.1. The Hall–Kier alpha value is -4.39. The molecule has 3 N–H and O–H groups in total. The molecule has 1 aliphatic heterocycles. The van der Waals surface area contributed by atoms with Crippen molar-refractivity contribution < 1.29 is 33.4 Å². The van der Waals surface area contributed by atoms with Gasteiger partial charge in [0.15, 0.2) is 0 Å². The minimum absolute atomic E-state index is 0.0850. The van der Waals surface area contributed by atoms with Crippen molar-refractivity contribution in [1.29, 1.82) is 0 Å². The Morgan fingerprint density at radius 3 is 1.84 bits per heavy atom. The summed E-state index contributed by atoms with van der Waals surface area (Å²) in [6.07, 6.45) is 3.28. The number of nitrogens with zero attached hydrogens (tertiary/aromatic N) is 1. The van der Waals surface area contributed by atoms with Crippen LogP contribution in [-0.4, -0.2) is 97.7 Å². The number of thioether (sulfide) groups is 1. The van der Waals surface area contributed by atoms with Crippen LogP contribution in [-0.2, 0) is 33.3 Å². The number of alkyl carbamates (subject to hydrolysis) is 1. The minimum atomic E-state index is -1.23. The summed E-state index contributed by atoms with van der Waals surface area (Å²) in [6, 6.07) is 27.7. The van der Waals surface area contributed by atoms with Crippen molar-refractivity contribution in [3.8, 4) is 0 Å². The van der Waals surface area contributed by atoms with E-state index < -0.39 is 46.3 Å². The van der Waals surface area contributed by atoms with E-state index in [2.05, 4.69) is 57.2 Å². The number of esters is 1. The number of amides is 3. The molecule has 296 valence electrons. The molecule has 5 rings (SSSR count). The van der Waals surface area contributed by atoms with E-state index in [1.54, 1.807) is 20.8 Å². The highest BCUT2D eigenvalue weighted by molar-refractivity contribution is 8.00. The molecule has 2 atom stereocenters. The minimum Gasteiger partial charge on any atom is -0.462 e. The molecule has 2 aliphatic rings. The van der Waals surface area contributed by atoms with Gasteiger partial charge in [-0.25, -0.2) is 4.79 Å². The van der Waals surface area contributed by atoms with Gasteiger partial charge in [0.1, 0.15) is 23.8 Å². The number of ether oxygens (including phenoxy) is 3. The first kappa shape index (κ1) is 41.8. The maximum atomic E-state index is 14.4. The maximum absolute atomic E-state index is 14.4. The number of carbonyl (C=O) groups excluding carboxylic acids is 4. The normalized spacial score (nSPS) is 16.6. The Morgan fingerprint density at radius 1 is 0.764 bits per heavy atom. The van der Waals surface area contributed by atoms with Crippen LogP contribution in [0.3, 0.4) is 0 Å². The third kappa shape index (κ3) is 12.6. The number of nitrogens with one attached hydrogen (secondary N) is 3. The van der Waals surface area contributed by atoms with Crippen LogP contribution in [0.25, 0.3) is 0 Å². The van der Waals surface area contributed by atoms with E-state index >= 15 is 0 Å². The van der Waals surface area contributed by atoms with Crippen LogP contribution in [0, 0.1) is 0 Å². The quantitative estimate of drug-likeness (QED) is 0.122. The number of benzene rings is 3. The second-order valence-corrected chi connectivity index (χ2v) is 16.3. The van der Waals surface area contributed by atoms with Crippen LogP contribution < -0.4 is 16.0 Å². The Balaban J connectivity index is 1.42. The van der Waals surface area contributed by atoms with Gasteiger partial charge in [-0.05, 0) is 63.1 Å². The summed E-state index contributed by atoms with van der Waals surface area (Å²) >= 11 is 1.49. The summed E-state index contributed by atoms with van der Waals surface area (Å²) < 4.78 is 16.0. The highest BCUT2D eigenvalue weighted by atomic mass is 32.2. The summed E-state index contributed by atoms with van der Waals surface area (Å²) in [5.74, 6) is -1.59. The van der Waals surface area contributed by atoms with Gasteiger partial charge in [-0.2, -0.15) is 0 Å². The lowest BCUT2D eigenvalue weighted by atomic mass is 9.84. The van der Waals surface area contributed by atoms with Crippen molar-refractivity contribution in [3.05, 3.63) is 108 Å². The number of morpholine rings is 1. The van der Waals surface area contributed by atoms with E-state index in [4.69, 9.17) is 14.2 Å². The van der Waals surface area contributed by atoms with Gasteiger partial charge in [0.2, 0.25) is 11.8 Å². The monoisotopic (exact) mass is 772 g/mol. The van der Waals surface area contributed by atoms with Crippen molar-refractivity contribution >= 4 is 35.6 Å². The smallest absolute Gasteiger partial charge is 0.408 e. The third-order valence-electron chi connectivity index (χ3n) is 9.70. The zero-order chi connectivity index (χ0) is 39.1. The molecule has 1 aliphatic carbocycles. The molecule has 0 aromatic heterocycles. The fraction of sp³-hybridized carbons (Fsp3) is 0.488. The van der Waals surface area contributed by atoms with Crippen molar-refractivity contribution in [2.45, 2.75) is 87.8 Å². The molecule has 11 nitrogen and oxygen atoms in total. The molecular weight excluding hydrogens is 717 g/mol. The summed E-state index contributed by atoms with van der Waals surface area (Å²) in [4.78, 5) is 57.0. The molecule has 3 aromatic carbocycles. The van der Waals surface area contributed by atoms with Gasteiger partial charge in [-0.1, -0.05) is 97.4 Å². The van der Waals surface area contributed by atoms with Gasteiger partial charge in [0.05, 0.1) is 24.4 Å². The van der Waals surface area contributed by atoms with Crippen LogP contribution in [0.5, 0.6) is 0 Å². The van der Waals surface area contributed by atoms with Crippen molar-refractivity contribution in [3.63, 3.8) is 0 Å². The van der Waals surface area contributed by atoms with Crippen LogP contribution in [0.4, 0.5) is 4.79 Å². The lowest BCUT2D eigenvalue weighted by Crippen LogP contribution is -2.56. The number of rotatable bonds is 16. The lowest BCUT2D eigenvalue weighted by molar-refractivity contribution is -0.152. The Bertz CT molecular complexity index is 1560. The summed E-state index contributed by atoms with van der Waals surface area (Å²) in [5, 5.41) is 8.53. The van der Waals surface area contributed by atoms with Gasteiger partial charge in [-0.3, -0.25) is 19.3 Å². The first-order chi connectivity index (χ1) is 26.5. The highest BCUT2D eigenvalue weighted by Gasteiger charge is 2.39. The van der Waals surface area contributed by atoms with E-state index in [9.17, 15) is 19.2 Å². The van der Waals surface area contributed by atoms with Crippen LogP contribution in [0.2, 0.25) is 0 Å². The molecular formula is C43H56N4O7S. The molecule has 3 amide bonds. The predicted molar refractivity (Wildman–Crippen MR) is 215 cm³/mol. The standard InChI is InChI=1S/C43H56N4O7S/c1-42(2,3)54-41(51)46-37(31-55-43(32-16-8-4-9-17-32,33-18-10-5-11-19-33)34-20-12-6-13-21-34)40(50)45-36(30-38(48)53-35-22-14-7-15-23-35)39(49)44-24-25-47-26-28-52-29-27-47/h4-6,8-13,16-21,35-37H,7,14-15,22-31H2,1-3H3,(H,44,49)(H,45,50)(H,46,51)/t36-,37-/m0/s1. The van der Waals surface area contributed by atoms with Crippen LogP contribution in [0.1, 0.15) is 76.0 Å². The van der Waals surface area contributed by atoms with E-state index in [0.717, 1.165) is 61.9 Å². The van der Waals surface area contributed by atoms with E-state index in [1.165, 1.54) is 11.8 Å². The predicted octanol–water partition coefficient (Wildman–Crippen LogP) is 5.80. The maximum Gasteiger partial charge on any atom is 0.408 e. The molecule has 1 heterocycles. The van der Waals surface area contributed by atoms with Gasteiger partial charge in [-0.15, -0.1) is 11.8 Å². The van der Waals surface area contributed by atoms with Gasteiger partial charge in [0, 0.05) is 31.9 Å². The molecule has 0 unspecified atom stereocenters. The van der Waals surface area contributed by atoms with Gasteiger partial charge in [0.25, 0.3) is 0 Å². The van der Waals surface area contributed by atoms with E-state index in [-0.39, 0.29) is 18.3 Å². The topological polar surface area (TPSA) is 135 Å². The average Bonchev–Trinajstić information content (AvgIpc) is 3.18. The Kier molecular flexibility index (Phi) is 15.6. The number of hydrogen-bond donors (Lipinski definition) is 3. The third-order valence-corrected chi connectivity index (χ3v) is 11.3. The molecule has 0 bridgehead atoms. The summed E-state index contributed by atoms with van der Waals surface area (Å²) in [6.45, 7) is 8.94. The molecule has 2 fully saturated rings. The van der Waals surface area contributed by atoms with Crippen molar-refractivity contribution in [2.75, 3.05) is 45.1 Å². The fourth-order valence-corrected chi connectivity index (χ4v) is 8.52. The second-order valence-electron chi connectivity index (χ2n) is 15.0. The Labute approximate surface area is 329 Å². The van der Waals surface area contributed by atoms with Crippen molar-refractivity contribution in [1.82, 2.24) is 20.9 Å². The zero-order valence-electron chi connectivity index (χ0n) is 32.3. The van der Waals surface area contributed by atoms with Crippen LogP contribution in [0.15, 0.2) is 91.0 Å². The average molecular weight is 773 g/mol.